The lowest BCUT2D eigenvalue weighted by Gasteiger charge is -2.32. The van der Waals surface area contributed by atoms with Crippen LogP contribution < -0.4 is 0 Å². The summed E-state index contributed by atoms with van der Waals surface area (Å²) >= 11 is 0. The normalized spacial score (nSPS) is 15.6. The highest BCUT2D eigenvalue weighted by atomic mass is 15.1. The highest BCUT2D eigenvalue weighted by Gasteiger charge is 2.18. The first kappa shape index (κ1) is 26.4. The van der Waals surface area contributed by atoms with Crippen LogP contribution in [0.4, 0.5) is 0 Å². The maximum absolute atomic E-state index is 4.15. The van der Waals surface area contributed by atoms with E-state index in [1.165, 1.54) is 142 Å². The van der Waals surface area contributed by atoms with Gasteiger partial charge in [-0.2, -0.15) is 0 Å². The van der Waals surface area contributed by atoms with Crippen LogP contribution in [0.3, 0.4) is 0 Å². The molecule has 1 aromatic rings. The molecule has 0 spiro atoms. The van der Waals surface area contributed by atoms with Crippen molar-refractivity contribution in [2.75, 3.05) is 19.6 Å². The summed E-state index contributed by atoms with van der Waals surface area (Å²) < 4.78 is 2.23. The fourth-order valence-corrected chi connectivity index (χ4v) is 5.13. The Balaban J connectivity index is 1.27. The molecule has 0 N–H and O–H groups in total. The number of hydrogen-bond acceptors (Lipinski definition) is 2. The highest BCUT2D eigenvalue weighted by Crippen LogP contribution is 2.21. The number of aryl methyl sites for hydroxylation is 1. The van der Waals surface area contributed by atoms with Crippen LogP contribution in [0.5, 0.6) is 0 Å². The van der Waals surface area contributed by atoms with Crippen LogP contribution in [0.15, 0.2) is 18.7 Å². The molecule has 0 saturated carbocycles. The third kappa shape index (κ3) is 14.0. The molecule has 1 aliphatic rings. The number of likely N-dealkylation sites (tertiary alicyclic amines) is 1. The molecule has 0 unspecified atom stereocenters. The van der Waals surface area contributed by atoms with Crippen molar-refractivity contribution in [3.05, 3.63) is 18.7 Å². The Kier molecular flexibility index (Phi) is 16.0. The van der Waals surface area contributed by atoms with Crippen LogP contribution in [-0.4, -0.2) is 34.1 Å². The van der Waals surface area contributed by atoms with Crippen molar-refractivity contribution in [1.29, 1.82) is 0 Å². The first-order valence-corrected chi connectivity index (χ1v) is 14.1. The average Bonchev–Trinajstić information content (AvgIpc) is 3.32. The third-order valence-corrected chi connectivity index (χ3v) is 7.39. The quantitative estimate of drug-likeness (QED) is 0.194. The third-order valence-electron chi connectivity index (χ3n) is 7.39. The van der Waals surface area contributed by atoms with Crippen LogP contribution in [0.2, 0.25) is 0 Å². The van der Waals surface area contributed by atoms with Crippen molar-refractivity contribution in [2.45, 2.75) is 135 Å². The van der Waals surface area contributed by atoms with Crippen molar-refractivity contribution in [3.8, 4) is 0 Å². The van der Waals surface area contributed by atoms with Gasteiger partial charge < -0.3 is 9.47 Å². The molecule has 31 heavy (non-hydrogen) atoms. The Morgan fingerprint density at radius 3 is 1.68 bits per heavy atom. The standard InChI is InChI=1S/C28H53N3/c1-2-3-4-5-6-7-8-9-10-11-12-13-14-15-16-17-22-30-23-18-28(19-24-30)20-25-31-26-21-29-27-31/h21,26-28H,2-20,22-25H2,1H3. The predicted octanol–water partition coefficient (Wildman–Crippen LogP) is 8.25. The van der Waals surface area contributed by atoms with E-state index in [2.05, 4.69) is 27.6 Å². The number of rotatable bonds is 20. The summed E-state index contributed by atoms with van der Waals surface area (Å²) in [5, 5.41) is 0. The number of nitrogens with zero attached hydrogens (tertiary/aromatic N) is 3. The van der Waals surface area contributed by atoms with Crippen LogP contribution in [0.1, 0.15) is 129 Å². The first-order valence-electron chi connectivity index (χ1n) is 14.1. The molecule has 0 aromatic carbocycles. The number of piperidine rings is 1. The molecule has 0 aliphatic carbocycles. The van der Waals surface area contributed by atoms with Crippen molar-refractivity contribution in [3.63, 3.8) is 0 Å². The monoisotopic (exact) mass is 431 g/mol. The van der Waals surface area contributed by atoms with Gasteiger partial charge >= 0.3 is 0 Å². The topological polar surface area (TPSA) is 21.1 Å². The van der Waals surface area contributed by atoms with Gasteiger partial charge in [0.2, 0.25) is 0 Å². The van der Waals surface area contributed by atoms with Gasteiger partial charge in [0.15, 0.2) is 0 Å². The molecule has 0 amide bonds. The Bertz CT molecular complexity index is 476. The summed E-state index contributed by atoms with van der Waals surface area (Å²) in [4.78, 5) is 6.87. The Hall–Kier alpha value is -0.830. The van der Waals surface area contributed by atoms with E-state index in [1.54, 1.807) is 0 Å². The van der Waals surface area contributed by atoms with Crippen LogP contribution in [0, 0.1) is 5.92 Å². The minimum atomic E-state index is 0.921. The number of aromatic nitrogens is 2. The molecule has 1 fully saturated rings. The zero-order valence-corrected chi connectivity index (χ0v) is 20.9. The smallest absolute Gasteiger partial charge is 0.0945 e. The largest absolute Gasteiger partial charge is 0.337 e. The van der Waals surface area contributed by atoms with Crippen molar-refractivity contribution < 1.29 is 0 Å². The van der Waals surface area contributed by atoms with Gasteiger partial charge in [-0.15, -0.1) is 0 Å². The molecule has 1 aliphatic heterocycles. The fourth-order valence-electron chi connectivity index (χ4n) is 5.13. The van der Waals surface area contributed by atoms with Crippen LogP contribution in [-0.2, 0) is 6.54 Å². The van der Waals surface area contributed by atoms with Gasteiger partial charge in [-0.1, -0.05) is 103 Å². The molecular weight excluding hydrogens is 378 g/mol. The highest BCUT2D eigenvalue weighted by molar-refractivity contribution is 4.77. The van der Waals surface area contributed by atoms with E-state index >= 15 is 0 Å². The molecule has 1 aromatic heterocycles. The number of imidazole rings is 1. The minimum Gasteiger partial charge on any atom is -0.337 e. The molecule has 2 rings (SSSR count). The van der Waals surface area contributed by atoms with E-state index in [0.29, 0.717) is 0 Å². The first-order chi connectivity index (χ1) is 15.4. The van der Waals surface area contributed by atoms with E-state index in [0.717, 1.165) is 12.5 Å². The molecule has 180 valence electrons. The maximum Gasteiger partial charge on any atom is 0.0945 e. The van der Waals surface area contributed by atoms with Gasteiger partial charge in [-0.05, 0) is 51.2 Å². The number of hydrogen-bond donors (Lipinski definition) is 0. The van der Waals surface area contributed by atoms with E-state index in [4.69, 9.17) is 0 Å². The predicted molar refractivity (Wildman–Crippen MR) is 136 cm³/mol. The zero-order chi connectivity index (χ0) is 21.8. The average molecular weight is 432 g/mol. The summed E-state index contributed by atoms with van der Waals surface area (Å²) in [6.07, 6.45) is 33.4. The fraction of sp³-hybridized carbons (Fsp3) is 0.893. The van der Waals surface area contributed by atoms with E-state index in [-0.39, 0.29) is 0 Å². The van der Waals surface area contributed by atoms with E-state index in [1.807, 2.05) is 12.5 Å². The summed E-state index contributed by atoms with van der Waals surface area (Å²) in [5.41, 5.74) is 0. The molecule has 2 heterocycles. The Labute approximate surface area is 194 Å². The van der Waals surface area contributed by atoms with Crippen LogP contribution in [0.25, 0.3) is 0 Å². The Morgan fingerprint density at radius 2 is 1.19 bits per heavy atom. The van der Waals surface area contributed by atoms with Gasteiger partial charge in [-0.25, -0.2) is 4.98 Å². The van der Waals surface area contributed by atoms with Crippen molar-refractivity contribution >= 4 is 0 Å². The van der Waals surface area contributed by atoms with E-state index in [9.17, 15) is 0 Å². The molecule has 0 atom stereocenters. The summed E-state index contributed by atoms with van der Waals surface area (Å²) in [7, 11) is 0. The Morgan fingerprint density at radius 1 is 0.677 bits per heavy atom. The molecule has 3 nitrogen and oxygen atoms in total. The lowest BCUT2D eigenvalue weighted by molar-refractivity contribution is 0.173. The summed E-state index contributed by atoms with van der Waals surface area (Å²) in [6, 6.07) is 0. The molecule has 1 saturated heterocycles. The molecule has 0 radical (unpaired) electrons. The van der Waals surface area contributed by atoms with Gasteiger partial charge in [0, 0.05) is 18.9 Å². The van der Waals surface area contributed by atoms with E-state index < -0.39 is 0 Å². The lowest BCUT2D eigenvalue weighted by Crippen LogP contribution is -2.34. The second-order valence-electron chi connectivity index (χ2n) is 10.2. The zero-order valence-electron chi connectivity index (χ0n) is 20.9. The van der Waals surface area contributed by atoms with Gasteiger partial charge in [0.1, 0.15) is 0 Å². The van der Waals surface area contributed by atoms with Crippen molar-refractivity contribution in [1.82, 2.24) is 14.5 Å². The summed E-state index contributed by atoms with van der Waals surface area (Å²) in [5.74, 6) is 0.921. The SMILES string of the molecule is CCCCCCCCCCCCCCCCCCN1CCC(CCn2ccnc2)CC1. The van der Waals surface area contributed by atoms with Gasteiger partial charge in [0.25, 0.3) is 0 Å². The second kappa shape index (κ2) is 18.7. The van der Waals surface area contributed by atoms with Gasteiger partial charge in [-0.3, -0.25) is 0 Å². The lowest BCUT2D eigenvalue weighted by atomic mass is 9.93. The van der Waals surface area contributed by atoms with Crippen molar-refractivity contribution in [2.24, 2.45) is 5.92 Å². The molecule has 3 heteroatoms. The maximum atomic E-state index is 4.15. The summed E-state index contributed by atoms with van der Waals surface area (Å²) in [6.45, 7) is 7.44. The second-order valence-corrected chi connectivity index (χ2v) is 10.2. The van der Waals surface area contributed by atoms with Gasteiger partial charge in [0.05, 0.1) is 6.33 Å². The molecule has 0 bridgehead atoms. The van der Waals surface area contributed by atoms with Crippen LogP contribution >= 0.6 is 0 Å². The molecular formula is C28H53N3. The minimum absolute atomic E-state index is 0.921. The number of unbranched alkanes of at least 4 members (excludes halogenated alkanes) is 15.